The molecule has 1 aromatic heterocycles. The number of ether oxygens (including phenoxy) is 1. The molecule has 0 bridgehead atoms. The Morgan fingerprint density at radius 3 is 2.90 bits per heavy atom. The maximum Gasteiger partial charge on any atom is 0.128 e. The summed E-state index contributed by atoms with van der Waals surface area (Å²) < 4.78 is 5.74. The molecule has 104 valence electrons. The second-order valence-corrected chi connectivity index (χ2v) is 5.03. The molecule has 1 aliphatic rings. The molecule has 1 aliphatic heterocycles. The molecule has 2 unspecified atom stereocenters. The Balaban J connectivity index is 2.04. The van der Waals surface area contributed by atoms with Crippen molar-refractivity contribution < 1.29 is 4.74 Å². The number of fused-ring (bicyclic) bond motifs is 1. The smallest absolute Gasteiger partial charge is 0.128 e. The zero-order valence-corrected chi connectivity index (χ0v) is 11.3. The molecule has 1 aromatic carbocycles. The molecule has 0 fully saturated rings. The van der Waals surface area contributed by atoms with Crippen molar-refractivity contribution in [3.63, 3.8) is 0 Å². The van der Waals surface area contributed by atoms with Crippen LogP contribution in [0.1, 0.15) is 28.7 Å². The highest BCUT2D eigenvalue weighted by atomic mass is 16.5. The van der Waals surface area contributed by atoms with Crippen LogP contribution < -0.4 is 21.7 Å². The van der Waals surface area contributed by atoms with E-state index < -0.39 is 0 Å². The Morgan fingerprint density at radius 2 is 2.15 bits per heavy atom. The number of nitrogen functional groups attached to an aromatic ring is 1. The van der Waals surface area contributed by atoms with Gasteiger partial charge in [-0.25, -0.2) is 4.98 Å². The van der Waals surface area contributed by atoms with Crippen LogP contribution in [0.3, 0.4) is 0 Å². The molecule has 2 aromatic rings. The number of nitrogens with two attached hydrogens (primary N) is 2. The summed E-state index contributed by atoms with van der Waals surface area (Å²) in [5.41, 5.74) is 12.1. The zero-order valence-electron chi connectivity index (χ0n) is 11.3. The molecule has 0 saturated heterocycles. The van der Waals surface area contributed by atoms with Gasteiger partial charge in [0.15, 0.2) is 0 Å². The van der Waals surface area contributed by atoms with Crippen molar-refractivity contribution in [3.05, 3.63) is 53.2 Å². The largest absolute Gasteiger partial charge is 0.493 e. The van der Waals surface area contributed by atoms with Crippen molar-refractivity contribution in [2.75, 3.05) is 12.3 Å². The van der Waals surface area contributed by atoms with Gasteiger partial charge in [0, 0.05) is 23.2 Å². The van der Waals surface area contributed by atoms with E-state index in [9.17, 15) is 0 Å². The molecule has 0 saturated carbocycles. The van der Waals surface area contributed by atoms with Crippen LogP contribution in [-0.2, 0) is 0 Å². The van der Waals surface area contributed by atoms with Gasteiger partial charge >= 0.3 is 0 Å². The number of rotatable bonds is 3. The number of hydrogen-bond donors (Lipinski definition) is 3. The van der Waals surface area contributed by atoms with E-state index in [0.717, 1.165) is 22.4 Å². The van der Waals surface area contributed by atoms with Crippen LogP contribution in [0.4, 0.5) is 5.82 Å². The van der Waals surface area contributed by atoms with E-state index in [-0.39, 0.29) is 12.0 Å². The minimum atomic E-state index is -0.118. The molecule has 2 atom stereocenters. The van der Waals surface area contributed by atoms with Gasteiger partial charge in [0.05, 0.1) is 12.6 Å². The molecule has 0 amide bonds. The van der Waals surface area contributed by atoms with Gasteiger partial charge in [-0.3, -0.25) is 11.3 Å². The average Bonchev–Trinajstić information content (AvgIpc) is 2.87. The van der Waals surface area contributed by atoms with E-state index in [4.69, 9.17) is 16.3 Å². The predicted octanol–water partition coefficient (Wildman–Crippen LogP) is 1.65. The zero-order chi connectivity index (χ0) is 14.1. The normalized spacial score (nSPS) is 18.4. The van der Waals surface area contributed by atoms with Crippen LogP contribution in [0, 0.1) is 6.92 Å². The molecule has 5 nitrogen and oxygen atoms in total. The van der Waals surface area contributed by atoms with Crippen LogP contribution >= 0.6 is 0 Å². The highest BCUT2D eigenvalue weighted by Crippen LogP contribution is 2.42. The average molecular weight is 270 g/mol. The number of aryl methyl sites for hydroxylation is 1. The van der Waals surface area contributed by atoms with Crippen molar-refractivity contribution in [1.82, 2.24) is 10.4 Å². The number of anilines is 1. The first-order valence-corrected chi connectivity index (χ1v) is 6.61. The molecule has 3 rings (SSSR count). The lowest BCUT2D eigenvalue weighted by atomic mass is 9.87. The first kappa shape index (κ1) is 12.9. The standard InChI is InChI=1S/C15H18N4O/c1-9-6-7-18-15(16)13(9)14(19-17)11-8-20-12-5-3-2-4-10(11)12/h2-7,11,14,19H,8,17H2,1H3,(H2,16,18). The summed E-state index contributed by atoms with van der Waals surface area (Å²) in [6.07, 6.45) is 1.71. The van der Waals surface area contributed by atoms with Gasteiger partial charge in [-0.15, -0.1) is 0 Å². The van der Waals surface area contributed by atoms with Gasteiger partial charge in [-0.1, -0.05) is 18.2 Å². The van der Waals surface area contributed by atoms with Crippen molar-refractivity contribution in [2.45, 2.75) is 18.9 Å². The number of nitrogens with zero attached hydrogens (tertiary/aromatic N) is 1. The summed E-state index contributed by atoms with van der Waals surface area (Å²) in [4.78, 5) is 4.18. The molecular formula is C15H18N4O. The van der Waals surface area contributed by atoms with Crippen molar-refractivity contribution in [1.29, 1.82) is 0 Å². The summed E-state index contributed by atoms with van der Waals surface area (Å²) in [7, 11) is 0. The maximum absolute atomic E-state index is 6.04. The summed E-state index contributed by atoms with van der Waals surface area (Å²) in [5.74, 6) is 7.34. The van der Waals surface area contributed by atoms with Crippen LogP contribution in [-0.4, -0.2) is 11.6 Å². The van der Waals surface area contributed by atoms with E-state index in [1.54, 1.807) is 6.20 Å². The molecule has 0 spiro atoms. The maximum atomic E-state index is 6.04. The topological polar surface area (TPSA) is 86.2 Å². The minimum Gasteiger partial charge on any atom is -0.493 e. The Bertz CT molecular complexity index is 609. The molecule has 5 heteroatoms. The Kier molecular flexibility index (Phi) is 3.30. The minimum absolute atomic E-state index is 0.118. The third-order valence-electron chi connectivity index (χ3n) is 3.87. The van der Waals surface area contributed by atoms with Crippen molar-refractivity contribution >= 4 is 5.82 Å². The molecule has 0 radical (unpaired) electrons. The molecule has 5 N–H and O–H groups in total. The van der Waals surface area contributed by atoms with Crippen LogP contribution in [0.15, 0.2) is 36.5 Å². The fourth-order valence-corrected chi connectivity index (χ4v) is 2.86. The predicted molar refractivity (Wildman–Crippen MR) is 78.1 cm³/mol. The first-order chi connectivity index (χ1) is 9.72. The highest BCUT2D eigenvalue weighted by Gasteiger charge is 2.33. The van der Waals surface area contributed by atoms with E-state index in [1.165, 1.54) is 0 Å². The van der Waals surface area contributed by atoms with Gasteiger partial charge in [0.25, 0.3) is 0 Å². The summed E-state index contributed by atoms with van der Waals surface area (Å²) in [5, 5.41) is 0. The van der Waals surface area contributed by atoms with Gasteiger partial charge < -0.3 is 10.5 Å². The third kappa shape index (κ3) is 2.01. The van der Waals surface area contributed by atoms with Gasteiger partial charge in [0.1, 0.15) is 11.6 Å². The third-order valence-corrected chi connectivity index (χ3v) is 3.87. The first-order valence-electron chi connectivity index (χ1n) is 6.61. The second-order valence-electron chi connectivity index (χ2n) is 5.03. The van der Waals surface area contributed by atoms with Gasteiger partial charge in [0.2, 0.25) is 0 Å². The summed E-state index contributed by atoms with van der Waals surface area (Å²) in [6.45, 7) is 2.60. The molecular weight excluding hydrogens is 252 g/mol. The van der Waals surface area contributed by atoms with E-state index in [0.29, 0.717) is 12.4 Å². The number of hydrazine groups is 1. The van der Waals surface area contributed by atoms with E-state index >= 15 is 0 Å². The SMILES string of the molecule is Cc1ccnc(N)c1C(NN)C1COc2ccccc21. The Hall–Kier alpha value is -2.11. The molecule has 2 heterocycles. The Morgan fingerprint density at radius 1 is 1.35 bits per heavy atom. The van der Waals surface area contributed by atoms with Crippen LogP contribution in [0.5, 0.6) is 5.75 Å². The number of benzene rings is 1. The van der Waals surface area contributed by atoms with Crippen LogP contribution in [0.2, 0.25) is 0 Å². The Labute approximate surface area is 117 Å². The molecule has 20 heavy (non-hydrogen) atoms. The number of nitrogens with one attached hydrogen (secondary N) is 1. The lowest BCUT2D eigenvalue weighted by Gasteiger charge is -2.24. The number of hydrogen-bond acceptors (Lipinski definition) is 5. The lowest BCUT2D eigenvalue weighted by Crippen LogP contribution is -2.34. The monoisotopic (exact) mass is 270 g/mol. The van der Waals surface area contributed by atoms with E-state index in [2.05, 4.69) is 16.5 Å². The summed E-state index contributed by atoms with van der Waals surface area (Å²) in [6, 6.07) is 9.84. The van der Waals surface area contributed by atoms with Crippen molar-refractivity contribution in [3.8, 4) is 5.75 Å². The molecule has 0 aliphatic carbocycles. The van der Waals surface area contributed by atoms with Crippen molar-refractivity contribution in [2.24, 2.45) is 5.84 Å². The number of pyridine rings is 1. The number of aromatic nitrogens is 1. The second kappa shape index (κ2) is 5.11. The number of para-hydroxylation sites is 1. The fraction of sp³-hybridized carbons (Fsp3) is 0.267. The van der Waals surface area contributed by atoms with Crippen LogP contribution in [0.25, 0.3) is 0 Å². The quantitative estimate of drug-likeness (QED) is 0.583. The lowest BCUT2D eigenvalue weighted by molar-refractivity contribution is 0.300. The summed E-state index contributed by atoms with van der Waals surface area (Å²) >= 11 is 0. The van der Waals surface area contributed by atoms with Gasteiger partial charge in [-0.2, -0.15) is 0 Å². The highest BCUT2D eigenvalue weighted by molar-refractivity contribution is 5.50. The van der Waals surface area contributed by atoms with E-state index in [1.807, 2.05) is 31.2 Å². The van der Waals surface area contributed by atoms with Gasteiger partial charge in [-0.05, 0) is 24.6 Å². The fourth-order valence-electron chi connectivity index (χ4n) is 2.86.